The monoisotopic (exact) mass is 246 g/mol. The molecule has 0 spiro atoms. The van der Waals surface area contributed by atoms with Crippen LogP contribution in [0.25, 0.3) is 0 Å². The number of carbonyl (C=O) groups is 1. The number of rotatable bonds is 2. The van der Waals surface area contributed by atoms with Gasteiger partial charge in [0.15, 0.2) is 5.71 Å². The van der Waals surface area contributed by atoms with Crippen LogP contribution in [0.3, 0.4) is 0 Å². The standard InChI is InChI=1S/C14H18N2O2/c1-10-9-14(2,3)13(16(10)18)15-12(17)11-7-5-4-6-8-11/h4-8,13H,9H2,1-3H3,(H,15,17). The van der Waals surface area contributed by atoms with Crippen molar-refractivity contribution in [3.63, 3.8) is 0 Å². The number of benzene rings is 1. The van der Waals surface area contributed by atoms with Gasteiger partial charge in [0.05, 0.1) is 5.41 Å². The van der Waals surface area contributed by atoms with Crippen LogP contribution in [0, 0.1) is 10.6 Å². The molecule has 1 aliphatic rings. The Balaban J connectivity index is 2.17. The molecule has 0 fully saturated rings. The molecule has 18 heavy (non-hydrogen) atoms. The summed E-state index contributed by atoms with van der Waals surface area (Å²) in [6, 6.07) is 8.95. The van der Waals surface area contributed by atoms with E-state index in [9.17, 15) is 10.0 Å². The molecule has 2 rings (SSSR count). The van der Waals surface area contributed by atoms with Crippen LogP contribution in [0.1, 0.15) is 37.6 Å². The molecule has 1 N–H and O–H groups in total. The lowest BCUT2D eigenvalue weighted by Gasteiger charge is -2.25. The SMILES string of the molecule is CC1=[N+]([O-])C(NC(=O)c2ccccc2)C(C)(C)C1. The van der Waals surface area contributed by atoms with Crippen molar-refractivity contribution in [3.8, 4) is 0 Å². The first-order valence-corrected chi connectivity index (χ1v) is 6.06. The smallest absolute Gasteiger partial charge is 0.256 e. The summed E-state index contributed by atoms with van der Waals surface area (Å²) in [4.78, 5) is 12.1. The first-order valence-electron chi connectivity index (χ1n) is 6.06. The van der Waals surface area contributed by atoms with Crippen LogP contribution >= 0.6 is 0 Å². The lowest BCUT2D eigenvalue weighted by molar-refractivity contribution is -0.511. The maximum absolute atomic E-state index is 12.1. The first kappa shape index (κ1) is 12.6. The predicted molar refractivity (Wildman–Crippen MR) is 70.4 cm³/mol. The van der Waals surface area contributed by atoms with Crippen LogP contribution in [-0.2, 0) is 0 Å². The molecule has 0 saturated carbocycles. The van der Waals surface area contributed by atoms with Crippen molar-refractivity contribution in [1.82, 2.24) is 5.32 Å². The summed E-state index contributed by atoms with van der Waals surface area (Å²) >= 11 is 0. The molecule has 0 aromatic heterocycles. The van der Waals surface area contributed by atoms with Crippen LogP contribution in [0.4, 0.5) is 0 Å². The fourth-order valence-electron chi connectivity index (χ4n) is 2.42. The van der Waals surface area contributed by atoms with Crippen molar-refractivity contribution in [2.45, 2.75) is 33.4 Å². The fraction of sp³-hybridized carbons (Fsp3) is 0.429. The molecule has 4 nitrogen and oxygen atoms in total. The number of hydrogen-bond acceptors (Lipinski definition) is 2. The average molecular weight is 246 g/mol. The molecule has 1 amide bonds. The van der Waals surface area contributed by atoms with Crippen molar-refractivity contribution >= 4 is 11.6 Å². The summed E-state index contributed by atoms with van der Waals surface area (Å²) in [5.74, 6) is -0.204. The summed E-state index contributed by atoms with van der Waals surface area (Å²) < 4.78 is 0.918. The van der Waals surface area contributed by atoms with E-state index < -0.39 is 6.17 Å². The molecule has 1 aromatic rings. The summed E-state index contributed by atoms with van der Waals surface area (Å²) in [6.45, 7) is 5.79. The van der Waals surface area contributed by atoms with Crippen molar-refractivity contribution in [2.24, 2.45) is 5.41 Å². The van der Waals surface area contributed by atoms with Crippen molar-refractivity contribution in [3.05, 3.63) is 41.1 Å². The second-order valence-corrected chi connectivity index (χ2v) is 5.47. The summed E-state index contributed by atoms with van der Waals surface area (Å²) in [5.41, 5.74) is 1.10. The van der Waals surface area contributed by atoms with Gasteiger partial charge >= 0.3 is 0 Å². The minimum Gasteiger partial charge on any atom is -0.622 e. The predicted octanol–water partition coefficient (Wildman–Crippen LogP) is 2.14. The van der Waals surface area contributed by atoms with Crippen molar-refractivity contribution < 1.29 is 9.53 Å². The highest BCUT2D eigenvalue weighted by molar-refractivity contribution is 5.94. The number of hydrogen-bond donors (Lipinski definition) is 1. The fourth-order valence-corrected chi connectivity index (χ4v) is 2.42. The van der Waals surface area contributed by atoms with E-state index in [1.165, 1.54) is 0 Å². The molecular weight excluding hydrogens is 228 g/mol. The van der Waals surface area contributed by atoms with Gasteiger partial charge in [-0.1, -0.05) is 32.0 Å². The average Bonchev–Trinajstić information content (AvgIpc) is 2.52. The van der Waals surface area contributed by atoms with Crippen LogP contribution in [0.15, 0.2) is 30.3 Å². The quantitative estimate of drug-likeness (QED) is 0.642. The Bertz CT molecular complexity index is 492. The molecular formula is C14H18N2O2. The highest BCUT2D eigenvalue weighted by Crippen LogP contribution is 2.31. The van der Waals surface area contributed by atoms with Crippen molar-refractivity contribution in [1.29, 1.82) is 0 Å². The summed E-state index contributed by atoms with van der Waals surface area (Å²) in [5, 5.41) is 14.8. The molecule has 1 unspecified atom stereocenters. The van der Waals surface area contributed by atoms with Gasteiger partial charge in [0.25, 0.3) is 5.91 Å². The minimum atomic E-state index is -0.495. The highest BCUT2D eigenvalue weighted by Gasteiger charge is 2.45. The van der Waals surface area contributed by atoms with E-state index in [1.807, 2.05) is 26.8 Å². The Morgan fingerprint density at radius 1 is 1.39 bits per heavy atom. The molecule has 0 radical (unpaired) electrons. The zero-order valence-electron chi connectivity index (χ0n) is 10.9. The normalized spacial score (nSPS) is 22.1. The highest BCUT2D eigenvalue weighted by atomic mass is 16.5. The van der Waals surface area contributed by atoms with Gasteiger partial charge in [0, 0.05) is 18.9 Å². The third-order valence-corrected chi connectivity index (χ3v) is 3.37. The second kappa shape index (κ2) is 4.44. The largest absolute Gasteiger partial charge is 0.622 e. The first-order chi connectivity index (χ1) is 8.42. The molecule has 0 saturated heterocycles. The molecule has 1 heterocycles. The number of nitrogens with zero attached hydrogens (tertiary/aromatic N) is 1. The third-order valence-electron chi connectivity index (χ3n) is 3.37. The topological polar surface area (TPSA) is 55.2 Å². The lowest BCUT2D eigenvalue weighted by Crippen LogP contribution is -2.47. The van der Waals surface area contributed by atoms with Gasteiger partial charge in [-0.2, -0.15) is 4.74 Å². The zero-order valence-corrected chi connectivity index (χ0v) is 10.9. The molecule has 4 heteroatoms. The number of nitrogens with one attached hydrogen (secondary N) is 1. The number of hydroxylamine groups is 1. The Morgan fingerprint density at radius 3 is 2.50 bits per heavy atom. The Kier molecular flexibility index (Phi) is 3.11. The van der Waals surface area contributed by atoms with E-state index >= 15 is 0 Å². The number of amides is 1. The van der Waals surface area contributed by atoms with E-state index in [1.54, 1.807) is 24.3 Å². The van der Waals surface area contributed by atoms with Gasteiger partial charge < -0.3 is 5.21 Å². The van der Waals surface area contributed by atoms with Crippen LogP contribution in [0.5, 0.6) is 0 Å². The maximum Gasteiger partial charge on any atom is 0.256 e. The van der Waals surface area contributed by atoms with Gasteiger partial charge in [0.1, 0.15) is 0 Å². The van der Waals surface area contributed by atoms with Crippen LogP contribution in [0.2, 0.25) is 0 Å². The van der Waals surface area contributed by atoms with E-state index in [0.29, 0.717) is 12.0 Å². The minimum absolute atomic E-state index is 0.204. The molecule has 0 bridgehead atoms. The summed E-state index contributed by atoms with van der Waals surface area (Å²) in [6.07, 6.45) is 0.209. The van der Waals surface area contributed by atoms with E-state index in [2.05, 4.69) is 5.32 Å². The van der Waals surface area contributed by atoms with Gasteiger partial charge in [-0.25, -0.2) is 0 Å². The van der Waals surface area contributed by atoms with E-state index in [0.717, 1.165) is 10.5 Å². The van der Waals surface area contributed by atoms with Gasteiger partial charge in [-0.05, 0) is 12.1 Å². The number of carbonyl (C=O) groups excluding carboxylic acids is 1. The molecule has 1 aliphatic heterocycles. The van der Waals surface area contributed by atoms with Crippen molar-refractivity contribution in [2.75, 3.05) is 0 Å². The van der Waals surface area contributed by atoms with Gasteiger partial charge in [-0.15, -0.1) is 0 Å². The van der Waals surface area contributed by atoms with Gasteiger partial charge in [0.2, 0.25) is 6.17 Å². The van der Waals surface area contributed by atoms with E-state index in [4.69, 9.17) is 0 Å². The van der Waals surface area contributed by atoms with Crippen LogP contribution < -0.4 is 5.32 Å². The zero-order chi connectivity index (χ0) is 13.3. The van der Waals surface area contributed by atoms with Crippen LogP contribution in [-0.4, -0.2) is 22.5 Å². The summed E-state index contributed by atoms with van der Waals surface area (Å²) in [7, 11) is 0. The Labute approximate surface area is 107 Å². The van der Waals surface area contributed by atoms with Gasteiger partial charge in [-0.3, -0.25) is 10.1 Å². The third kappa shape index (κ3) is 2.23. The molecule has 1 aromatic carbocycles. The molecule has 1 atom stereocenters. The Hall–Kier alpha value is -1.84. The van der Waals surface area contributed by atoms with E-state index in [-0.39, 0.29) is 11.3 Å². The molecule has 0 aliphatic carbocycles. The Morgan fingerprint density at radius 2 is 2.00 bits per heavy atom. The second-order valence-electron chi connectivity index (χ2n) is 5.47. The molecule has 96 valence electrons. The lowest BCUT2D eigenvalue weighted by atomic mass is 9.87. The maximum atomic E-state index is 12.1.